The van der Waals surface area contributed by atoms with Gasteiger partial charge < -0.3 is 5.32 Å². The lowest BCUT2D eigenvalue weighted by molar-refractivity contribution is -0.118. The monoisotopic (exact) mass is 277 g/mol. The fraction of sp³-hybridized carbons (Fsp3) is 0.500. The van der Waals surface area contributed by atoms with E-state index in [1.165, 1.54) is 11.8 Å². The Balaban J connectivity index is 1.70. The molecule has 2 aromatic rings. The van der Waals surface area contributed by atoms with Gasteiger partial charge in [0.15, 0.2) is 0 Å². The average Bonchev–Trinajstić information content (AvgIpc) is 3.04. The minimum absolute atomic E-state index is 0.0483. The number of aromatic nitrogens is 4. The van der Waals surface area contributed by atoms with Crippen LogP contribution in [0.25, 0.3) is 5.78 Å². The highest BCUT2D eigenvalue weighted by Gasteiger charge is 2.23. The van der Waals surface area contributed by atoms with Crippen molar-refractivity contribution in [3.05, 3.63) is 17.5 Å². The number of fused-ring (bicyclic) bond motifs is 1. The SMILES string of the molecule is Cc1cc(C)n2nc(SCC(=O)NC3CC3)nc2n1. The molecule has 100 valence electrons. The quantitative estimate of drug-likeness (QED) is 0.848. The Morgan fingerprint density at radius 3 is 3.00 bits per heavy atom. The normalized spacial score (nSPS) is 14.8. The second-order valence-corrected chi connectivity index (χ2v) is 5.72. The van der Waals surface area contributed by atoms with E-state index in [9.17, 15) is 4.79 Å². The van der Waals surface area contributed by atoms with E-state index < -0.39 is 0 Å². The molecule has 6 nitrogen and oxygen atoms in total. The predicted octanol–water partition coefficient (Wildman–Crippen LogP) is 1.11. The summed E-state index contributed by atoms with van der Waals surface area (Å²) in [4.78, 5) is 20.2. The molecule has 1 aliphatic rings. The van der Waals surface area contributed by atoms with Crippen LogP contribution in [0.5, 0.6) is 0 Å². The zero-order chi connectivity index (χ0) is 13.4. The zero-order valence-electron chi connectivity index (χ0n) is 10.9. The van der Waals surface area contributed by atoms with Crippen molar-refractivity contribution in [1.82, 2.24) is 24.9 Å². The van der Waals surface area contributed by atoms with Crippen molar-refractivity contribution in [1.29, 1.82) is 0 Å². The highest BCUT2D eigenvalue weighted by atomic mass is 32.2. The van der Waals surface area contributed by atoms with E-state index in [0.29, 0.717) is 22.7 Å². The topological polar surface area (TPSA) is 72.2 Å². The minimum atomic E-state index is 0.0483. The summed E-state index contributed by atoms with van der Waals surface area (Å²) in [6.45, 7) is 3.89. The fourth-order valence-corrected chi connectivity index (χ4v) is 2.47. The van der Waals surface area contributed by atoms with Gasteiger partial charge in [-0.3, -0.25) is 4.79 Å². The van der Waals surface area contributed by atoms with Gasteiger partial charge >= 0.3 is 0 Å². The smallest absolute Gasteiger partial charge is 0.253 e. The number of hydrogen-bond donors (Lipinski definition) is 1. The van der Waals surface area contributed by atoms with Crippen molar-refractivity contribution in [2.45, 2.75) is 37.9 Å². The Hall–Kier alpha value is -1.63. The second-order valence-electron chi connectivity index (χ2n) is 4.78. The van der Waals surface area contributed by atoms with Gasteiger partial charge in [0.2, 0.25) is 11.1 Å². The average molecular weight is 277 g/mol. The number of hydrogen-bond acceptors (Lipinski definition) is 5. The summed E-state index contributed by atoms with van der Waals surface area (Å²) in [5, 5.41) is 7.88. The van der Waals surface area contributed by atoms with Crippen LogP contribution in [0.2, 0.25) is 0 Å². The third kappa shape index (κ3) is 2.86. The van der Waals surface area contributed by atoms with Crippen molar-refractivity contribution >= 4 is 23.4 Å². The molecule has 19 heavy (non-hydrogen) atoms. The Morgan fingerprint density at radius 2 is 2.26 bits per heavy atom. The van der Waals surface area contributed by atoms with Crippen molar-refractivity contribution in [2.75, 3.05) is 5.75 Å². The van der Waals surface area contributed by atoms with Crippen LogP contribution in [0.4, 0.5) is 0 Å². The lowest BCUT2D eigenvalue weighted by atomic mass is 10.4. The first-order valence-corrected chi connectivity index (χ1v) is 7.23. The molecule has 1 N–H and O–H groups in total. The van der Waals surface area contributed by atoms with E-state index in [4.69, 9.17) is 0 Å². The van der Waals surface area contributed by atoms with Crippen LogP contribution in [-0.2, 0) is 4.79 Å². The molecule has 0 unspecified atom stereocenters. The van der Waals surface area contributed by atoms with Crippen molar-refractivity contribution in [3.8, 4) is 0 Å². The molecule has 2 aromatic heterocycles. The van der Waals surface area contributed by atoms with Gasteiger partial charge in [0.25, 0.3) is 5.78 Å². The lowest BCUT2D eigenvalue weighted by Crippen LogP contribution is -2.27. The van der Waals surface area contributed by atoms with Crippen molar-refractivity contribution < 1.29 is 4.79 Å². The maximum absolute atomic E-state index is 11.6. The van der Waals surface area contributed by atoms with E-state index in [0.717, 1.165) is 24.2 Å². The first-order chi connectivity index (χ1) is 9.11. The third-order valence-corrected chi connectivity index (χ3v) is 3.71. The highest BCUT2D eigenvalue weighted by molar-refractivity contribution is 7.99. The zero-order valence-corrected chi connectivity index (χ0v) is 11.7. The van der Waals surface area contributed by atoms with E-state index >= 15 is 0 Å². The van der Waals surface area contributed by atoms with E-state index in [1.54, 1.807) is 4.52 Å². The van der Waals surface area contributed by atoms with Crippen molar-refractivity contribution in [2.24, 2.45) is 0 Å². The molecule has 0 aliphatic heterocycles. The van der Waals surface area contributed by atoms with Gasteiger partial charge in [0, 0.05) is 17.4 Å². The molecule has 1 amide bonds. The molecule has 1 saturated carbocycles. The summed E-state index contributed by atoms with van der Waals surface area (Å²) >= 11 is 1.34. The fourth-order valence-electron chi connectivity index (χ4n) is 1.84. The number of nitrogens with zero attached hydrogens (tertiary/aromatic N) is 4. The van der Waals surface area contributed by atoms with Crippen LogP contribution in [0.15, 0.2) is 11.2 Å². The van der Waals surface area contributed by atoms with E-state index in [1.807, 2.05) is 19.9 Å². The summed E-state index contributed by atoms with van der Waals surface area (Å²) in [5.74, 6) is 0.987. The van der Waals surface area contributed by atoms with Crippen LogP contribution < -0.4 is 5.32 Å². The molecule has 2 heterocycles. The first kappa shape index (κ1) is 12.4. The number of carbonyl (C=O) groups excluding carboxylic acids is 1. The van der Waals surface area contributed by atoms with Gasteiger partial charge in [0.05, 0.1) is 5.75 Å². The van der Waals surface area contributed by atoms with Gasteiger partial charge in [-0.05, 0) is 32.8 Å². The Morgan fingerprint density at radius 1 is 1.47 bits per heavy atom. The first-order valence-electron chi connectivity index (χ1n) is 6.25. The molecule has 3 rings (SSSR count). The molecule has 7 heteroatoms. The highest BCUT2D eigenvalue weighted by Crippen LogP contribution is 2.20. The van der Waals surface area contributed by atoms with Crippen LogP contribution >= 0.6 is 11.8 Å². The third-order valence-electron chi connectivity index (χ3n) is 2.87. The maximum atomic E-state index is 11.6. The molecule has 0 aromatic carbocycles. The summed E-state index contributed by atoms with van der Waals surface area (Å²) in [5.41, 5.74) is 1.91. The molecular formula is C12H15N5OS. The van der Waals surface area contributed by atoms with Crippen LogP contribution in [0, 0.1) is 13.8 Å². The van der Waals surface area contributed by atoms with Crippen LogP contribution in [-0.4, -0.2) is 37.3 Å². The van der Waals surface area contributed by atoms with E-state index in [-0.39, 0.29) is 5.91 Å². The van der Waals surface area contributed by atoms with Crippen LogP contribution in [0.3, 0.4) is 0 Å². The molecule has 0 spiro atoms. The Labute approximate surface area is 115 Å². The maximum Gasteiger partial charge on any atom is 0.253 e. The number of thioether (sulfide) groups is 1. The minimum Gasteiger partial charge on any atom is -0.353 e. The van der Waals surface area contributed by atoms with Gasteiger partial charge in [-0.25, -0.2) is 9.50 Å². The van der Waals surface area contributed by atoms with Gasteiger partial charge in [-0.2, -0.15) is 4.98 Å². The van der Waals surface area contributed by atoms with Crippen molar-refractivity contribution in [3.63, 3.8) is 0 Å². The van der Waals surface area contributed by atoms with Gasteiger partial charge in [0.1, 0.15) is 0 Å². The van der Waals surface area contributed by atoms with Gasteiger partial charge in [-0.15, -0.1) is 5.10 Å². The standard InChI is InChI=1S/C12H15N5OS/c1-7-5-8(2)17-11(13-7)15-12(16-17)19-6-10(18)14-9-3-4-9/h5,9H,3-4,6H2,1-2H3,(H,14,18). The van der Waals surface area contributed by atoms with Crippen LogP contribution in [0.1, 0.15) is 24.2 Å². The molecule has 0 saturated heterocycles. The summed E-state index contributed by atoms with van der Waals surface area (Å²) in [6.07, 6.45) is 2.21. The van der Waals surface area contributed by atoms with E-state index in [2.05, 4.69) is 20.4 Å². The number of nitrogens with one attached hydrogen (secondary N) is 1. The number of amides is 1. The molecule has 0 atom stereocenters. The lowest BCUT2D eigenvalue weighted by Gasteiger charge is -1.99. The second kappa shape index (κ2) is 4.80. The summed E-state index contributed by atoms with van der Waals surface area (Å²) < 4.78 is 1.70. The number of rotatable bonds is 4. The predicted molar refractivity (Wildman–Crippen MR) is 72.1 cm³/mol. The Kier molecular flexibility index (Phi) is 3.14. The molecule has 1 aliphatic carbocycles. The molecule has 0 bridgehead atoms. The summed E-state index contributed by atoms with van der Waals surface area (Å²) in [7, 11) is 0. The molecule has 1 fully saturated rings. The summed E-state index contributed by atoms with van der Waals surface area (Å²) in [6, 6.07) is 2.35. The largest absolute Gasteiger partial charge is 0.353 e. The number of aryl methyl sites for hydroxylation is 2. The van der Waals surface area contributed by atoms with Gasteiger partial charge in [-0.1, -0.05) is 11.8 Å². The molecular weight excluding hydrogens is 262 g/mol. The Bertz CT molecular complexity index is 634. The number of carbonyl (C=O) groups is 1. The molecule has 0 radical (unpaired) electrons.